The van der Waals surface area contributed by atoms with Crippen LogP contribution >= 0.6 is 34.8 Å². The van der Waals surface area contributed by atoms with Crippen LogP contribution in [0.3, 0.4) is 0 Å². The smallest absolute Gasteiger partial charge is 0.337 e. The number of urea groups is 1. The van der Waals surface area contributed by atoms with Crippen molar-refractivity contribution >= 4 is 46.8 Å². The Hall–Kier alpha value is -2.61. The molecule has 7 nitrogen and oxygen atoms in total. The minimum Gasteiger partial charge on any atom is -0.493 e. The second-order valence-electron chi connectivity index (χ2n) is 6.58. The Balaban J connectivity index is 1.91. The third-order valence-electron chi connectivity index (χ3n) is 4.71. The van der Waals surface area contributed by atoms with E-state index in [0.717, 1.165) is 0 Å². The average molecular weight is 486 g/mol. The molecule has 31 heavy (non-hydrogen) atoms. The molecule has 1 aliphatic heterocycles. The highest BCUT2D eigenvalue weighted by Gasteiger charge is 2.32. The van der Waals surface area contributed by atoms with E-state index in [2.05, 4.69) is 10.6 Å². The predicted molar refractivity (Wildman–Crippen MR) is 118 cm³/mol. The highest BCUT2D eigenvalue weighted by atomic mass is 35.5. The van der Waals surface area contributed by atoms with Crippen molar-refractivity contribution in [2.24, 2.45) is 0 Å². The lowest BCUT2D eigenvalue weighted by molar-refractivity contribution is -0.136. The monoisotopic (exact) mass is 484 g/mol. The molecule has 0 aromatic heterocycles. The number of amides is 2. The SMILES string of the molecule is COC(=O)C1=C(C)NC(=O)NC1c1ccc(OCc2c(Cl)ccc(Cl)c2Cl)c(OC)c1. The van der Waals surface area contributed by atoms with Gasteiger partial charge in [-0.25, -0.2) is 9.59 Å². The van der Waals surface area contributed by atoms with Crippen LogP contribution in [0.4, 0.5) is 4.79 Å². The lowest BCUT2D eigenvalue weighted by atomic mass is 9.95. The van der Waals surface area contributed by atoms with E-state index in [9.17, 15) is 9.59 Å². The lowest BCUT2D eigenvalue weighted by Crippen LogP contribution is -2.45. The van der Waals surface area contributed by atoms with Crippen LogP contribution < -0.4 is 20.1 Å². The van der Waals surface area contributed by atoms with Crippen molar-refractivity contribution in [2.45, 2.75) is 19.6 Å². The van der Waals surface area contributed by atoms with Gasteiger partial charge in [0.1, 0.15) is 6.61 Å². The Kier molecular flexibility index (Phi) is 7.20. The van der Waals surface area contributed by atoms with Gasteiger partial charge in [0.2, 0.25) is 0 Å². The molecule has 0 bridgehead atoms. The van der Waals surface area contributed by atoms with Crippen LogP contribution in [-0.4, -0.2) is 26.2 Å². The molecule has 3 rings (SSSR count). The van der Waals surface area contributed by atoms with Crippen LogP contribution in [0.5, 0.6) is 11.5 Å². The molecule has 0 aliphatic carbocycles. The van der Waals surface area contributed by atoms with E-state index < -0.39 is 18.0 Å². The van der Waals surface area contributed by atoms with E-state index in [1.807, 2.05) is 0 Å². The first kappa shape index (κ1) is 23.1. The summed E-state index contributed by atoms with van der Waals surface area (Å²) in [6, 6.07) is 7.14. The third-order valence-corrected chi connectivity index (χ3v) is 5.90. The molecule has 2 aromatic carbocycles. The second kappa shape index (κ2) is 9.68. The molecule has 1 atom stereocenters. The maximum atomic E-state index is 12.3. The Labute approximate surface area is 194 Å². The molecule has 0 saturated carbocycles. The number of rotatable bonds is 6. The van der Waals surface area contributed by atoms with Crippen LogP contribution in [0.1, 0.15) is 24.1 Å². The van der Waals surface area contributed by atoms with Crippen LogP contribution in [0.25, 0.3) is 0 Å². The average Bonchev–Trinajstić information content (AvgIpc) is 2.75. The van der Waals surface area contributed by atoms with Crippen molar-refractivity contribution < 1.29 is 23.8 Å². The number of carbonyl (C=O) groups is 2. The topological polar surface area (TPSA) is 85.9 Å². The third kappa shape index (κ3) is 4.84. The summed E-state index contributed by atoms with van der Waals surface area (Å²) in [6.45, 7) is 1.69. The number of carbonyl (C=O) groups excluding carboxylic acids is 2. The molecule has 2 amide bonds. The zero-order valence-electron chi connectivity index (χ0n) is 16.8. The molecule has 1 heterocycles. The van der Waals surface area contributed by atoms with Crippen LogP contribution in [0.15, 0.2) is 41.6 Å². The fourth-order valence-electron chi connectivity index (χ4n) is 3.16. The summed E-state index contributed by atoms with van der Waals surface area (Å²) in [7, 11) is 2.76. The normalized spacial score (nSPS) is 15.8. The molecule has 0 radical (unpaired) electrons. The predicted octanol–water partition coefficient (Wildman–Crippen LogP) is 5.04. The van der Waals surface area contributed by atoms with Crippen molar-refractivity contribution in [1.29, 1.82) is 0 Å². The molecule has 0 saturated heterocycles. The molecule has 2 aromatic rings. The standard InChI is InChI=1S/C21H19Cl3N2O5/c1-10-17(20(27)30-3)19(26-21(28)25-10)11-4-7-15(16(8-11)29-2)31-9-12-13(22)5-6-14(23)18(12)24/h4-8,19H,9H2,1-3H3,(H2,25,26,28). The summed E-state index contributed by atoms with van der Waals surface area (Å²) in [5, 5.41) is 6.40. The minimum atomic E-state index is -0.721. The van der Waals surface area contributed by atoms with Crippen LogP contribution in [0.2, 0.25) is 15.1 Å². The Morgan fingerprint density at radius 2 is 1.77 bits per heavy atom. The number of halogens is 3. The zero-order valence-corrected chi connectivity index (χ0v) is 19.1. The van der Waals surface area contributed by atoms with Gasteiger partial charge < -0.3 is 24.8 Å². The molecule has 1 unspecified atom stereocenters. The Morgan fingerprint density at radius 3 is 2.45 bits per heavy atom. The highest BCUT2D eigenvalue weighted by Crippen LogP contribution is 2.37. The number of allylic oxidation sites excluding steroid dienone is 1. The molecule has 0 fully saturated rings. The lowest BCUT2D eigenvalue weighted by Gasteiger charge is -2.28. The zero-order chi connectivity index (χ0) is 22.7. The van der Waals surface area contributed by atoms with E-state index in [0.29, 0.717) is 43.4 Å². The first-order valence-electron chi connectivity index (χ1n) is 9.06. The minimum absolute atomic E-state index is 0.0600. The molecule has 1 aliphatic rings. The van der Waals surface area contributed by atoms with Gasteiger partial charge in [-0.3, -0.25) is 0 Å². The van der Waals surface area contributed by atoms with Gasteiger partial charge in [-0.2, -0.15) is 0 Å². The van der Waals surface area contributed by atoms with E-state index in [4.69, 9.17) is 49.0 Å². The van der Waals surface area contributed by atoms with Gasteiger partial charge in [-0.15, -0.1) is 0 Å². The van der Waals surface area contributed by atoms with Gasteiger partial charge >= 0.3 is 12.0 Å². The Morgan fingerprint density at radius 1 is 1.06 bits per heavy atom. The summed E-state index contributed by atoms with van der Waals surface area (Å²) < 4.78 is 16.2. The summed E-state index contributed by atoms with van der Waals surface area (Å²) in [6.07, 6.45) is 0. The van der Waals surface area contributed by atoms with E-state index >= 15 is 0 Å². The van der Waals surface area contributed by atoms with Gasteiger partial charge in [0, 0.05) is 16.3 Å². The summed E-state index contributed by atoms with van der Waals surface area (Å²) >= 11 is 18.5. The first-order valence-corrected chi connectivity index (χ1v) is 10.2. The summed E-state index contributed by atoms with van der Waals surface area (Å²) in [5.74, 6) is 0.250. The fourth-order valence-corrected chi connectivity index (χ4v) is 3.82. The van der Waals surface area contributed by atoms with Crippen molar-refractivity contribution in [3.05, 3.63) is 67.8 Å². The van der Waals surface area contributed by atoms with Crippen molar-refractivity contribution in [1.82, 2.24) is 10.6 Å². The van der Waals surface area contributed by atoms with Crippen molar-refractivity contribution in [3.63, 3.8) is 0 Å². The number of hydrogen-bond donors (Lipinski definition) is 2. The van der Waals surface area contributed by atoms with E-state index in [1.165, 1.54) is 14.2 Å². The Bertz CT molecular complexity index is 1070. The van der Waals surface area contributed by atoms with Crippen molar-refractivity contribution in [2.75, 3.05) is 14.2 Å². The molecular weight excluding hydrogens is 467 g/mol. The van der Waals surface area contributed by atoms with E-state index in [-0.39, 0.29) is 12.2 Å². The molecule has 2 N–H and O–H groups in total. The molecule has 0 spiro atoms. The largest absolute Gasteiger partial charge is 0.493 e. The van der Waals surface area contributed by atoms with Gasteiger partial charge in [0.25, 0.3) is 0 Å². The molecule has 10 heteroatoms. The molecular formula is C21H19Cl3N2O5. The summed E-state index contributed by atoms with van der Waals surface area (Å²) in [4.78, 5) is 24.3. The second-order valence-corrected chi connectivity index (χ2v) is 7.77. The number of hydrogen-bond acceptors (Lipinski definition) is 5. The van der Waals surface area contributed by atoms with Crippen molar-refractivity contribution in [3.8, 4) is 11.5 Å². The number of methoxy groups -OCH3 is 2. The maximum absolute atomic E-state index is 12.3. The number of esters is 1. The summed E-state index contributed by atoms with van der Waals surface area (Å²) in [5.41, 5.74) is 1.84. The number of nitrogens with one attached hydrogen (secondary N) is 2. The van der Waals surface area contributed by atoms with Gasteiger partial charge in [-0.05, 0) is 36.8 Å². The fraction of sp³-hybridized carbons (Fsp3) is 0.238. The van der Waals surface area contributed by atoms with E-state index in [1.54, 1.807) is 37.3 Å². The van der Waals surface area contributed by atoms with Crippen LogP contribution in [-0.2, 0) is 16.1 Å². The quantitative estimate of drug-likeness (QED) is 0.442. The molecule has 164 valence electrons. The highest BCUT2D eigenvalue weighted by molar-refractivity contribution is 6.44. The maximum Gasteiger partial charge on any atom is 0.337 e. The van der Waals surface area contributed by atoms with Gasteiger partial charge in [0.15, 0.2) is 11.5 Å². The first-order chi connectivity index (χ1) is 14.8. The van der Waals surface area contributed by atoms with Crippen LogP contribution in [0, 0.1) is 0 Å². The van der Waals surface area contributed by atoms with Gasteiger partial charge in [-0.1, -0.05) is 40.9 Å². The van der Waals surface area contributed by atoms with Gasteiger partial charge in [0.05, 0.1) is 35.9 Å². The number of ether oxygens (including phenoxy) is 3. The number of benzene rings is 2.